The number of carbonyl (C=O) groups is 3. The Labute approximate surface area is 285 Å². The predicted molar refractivity (Wildman–Crippen MR) is 194 cm³/mol. The Bertz CT molecular complexity index is 1720. The second-order valence-corrected chi connectivity index (χ2v) is 9.99. The van der Waals surface area contributed by atoms with Crippen LogP contribution in [-0.2, 0) is 0 Å². The van der Waals surface area contributed by atoms with Gasteiger partial charge in [-0.15, -0.1) is 24.8 Å². The van der Waals surface area contributed by atoms with Crippen LogP contribution in [0.1, 0.15) is 45.2 Å². The zero-order chi connectivity index (χ0) is 32.2. The van der Waals surface area contributed by atoms with Crippen molar-refractivity contribution < 1.29 is 14.4 Å². The Morgan fingerprint density at radius 2 is 1.09 bits per heavy atom. The molecule has 2 aromatic carbocycles. The van der Waals surface area contributed by atoms with E-state index in [-0.39, 0.29) is 42.5 Å². The summed E-state index contributed by atoms with van der Waals surface area (Å²) in [5.41, 5.74) is 3.35. The number of amides is 3. The molecule has 0 saturated heterocycles. The van der Waals surface area contributed by atoms with Crippen molar-refractivity contribution in [3.05, 3.63) is 65.5 Å². The number of nitrogens with one attached hydrogen (secondary N) is 9. The molecule has 47 heavy (non-hydrogen) atoms. The SMILES string of the molecule is CCNC(=NC)NCCNC(=O)c1ccc2[nH]c(C(=O)Nc3ccc4[nH]c(C(=O)NCCNC(=NC)NCC)cc4c3)cc2c1.Cl.Cl. The maximum absolute atomic E-state index is 13.1. The van der Waals surface area contributed by atoms with Crippen molar-refractivity contribution in [2.75, 3.05) is 58.7 Å². The zero-order valence-corrected chi connectivity index (χ0v) is 28.4. The molecule has 0 spiro atoms. The highest BCUT2D eigenvalue weighted by molar-refractivity contribution is 6.08. The van der Waals surface area contributed by atoms with Gasteiger partial charge in [-0.2, -0.15) is 0 Å². The van der Waals surface area contributed by atoms with E-state index in [0.29, 0.717) is 60.7 Å². The van der Waals surface area contributed by atoms with Gasteiger partial charge in [0.25, 0.3) is 17.7 Å². The lowest BCUT2D eigenvalue weighted by Gasteiger charge is -2.10. The fraction of sp³-hybridized carbons (Fsp3) is 0.323. The summed E-state index contributed by atoms with van der Waals surface area (Å²) < 4.78 is 0. The minimum Gasteiger partial charge on any atom is -0.357 e. The van der Waals surface area contributed by atoms with Crippen LogP contribution in [0.2, 0.25) is 0 Å². The summed E-state index contributed by atoms with van der Waals surface area (Å²) in [7, 11) is 3.38. The third kappa shape index (κ3) is 10.5. The topological polar surface area (TPSA) is 192 Å². The van der Waals surface area contributed by atoms with Gasteiger partial charge in [0.2, 0.25) is 0 Å². The monoisotopic (exact) mass is 687 g/mol. The molecule has 2 aromatic heterocycles. The zero-order valence-electron chi connectivity index (χ0n) is 26.8. The fourth-order valence-corrected chi connectivity index (χ4v) is 4.61. The van der Waals surface area contributed by atoms with E-state index >= 15 is 0 Å². The van der Waals surface area contributed by atoms with Crippen LogP contribution in [0.5, 0.6) is 0 Å². The molecule has 0 bridgehead atoms. The van der Waals surface area contributed by atoms with Crippen molar-refractivity contribution >= 4 is 81.9 Å². The quantitative estimate of drug-likeness (QED) is 0.0621. The molecule has 0 radical (unpaired) electrons. The van der Waals surface area contributed by atoms with Gasteiger partial charge < -0.3 is 47.2 Å². The summed E-state index contributed by atoms with van der Waals surface area (Å²) >= 11 is 0. The molecule has 254 valence electrons. The van der Waals surface area contributed by atoms with Crippen molar-refractivity contribution in [3.8, 4) is 0 Å². The van der Waals surface area contributed by atoms with Gasteiger partial charge in [-0.25, -0.2) is 0 Å². The smallest absolute Gasteiger partial charge is 0.272 e. The number of benzene rings is 2. The molecule has 0 unspecified atom stereocenters. The number of halogens is 2. The highest BCUT2D eigenvalue weighted by Gasteiger charge is 2.14. The average Bonchev–Trinajstić information content (AvgIpc) is 3.68. The molecule has 9 N–H and O–H groups in total. The summed E-state index contributed by atoms with van der Waals surface area (Å²) in [4.78, 5) is 52.8. The Balaban J connectivity index is 0.00000384. The molecule has 3 amide bonds. The number of anilines is 1. The molecule has 0 aliphatic rings. The lowest BCUT2D eigenvalue weighted by molar-refractivity contribution is 0.0944. The second kappa shape index (κ2) is 18.9. The van der Waals surface area contributed by atoms with E-state index < -0.39 is 0 Å². The number of hydrogen-bond donors (Lipinski definition) is 9. The highest BCUT2D eigenvalue weighted by Crippen LogP contribution is 2.22. The summed E-state index contributed by atoms with van der Waals surface area (Å²) in [6.07, 6.45) is 0. The molecule has 14 nitrogen and oxygen atoms in total. The first kappa shape index (κ1) is 38.2. The van der Waals surface area contributed by atoms with Gasteiger partial charge in [0.1, 0.15) is 11.4 Å². The molecule has 0 atom stereocenters. The van der Waals surface area contributed by atoms with Crippen LogP contribution in [0.15, 0.2) is 58.5 Å². The molecule has 4 aromatic rings. The number of aromatic amines is 2. The maximum atomic E-state index is 13.1. The van der Waals surface area contributed by atoms with E-state index in [1.807, 2.05) is 19.9 Å². The number of aromatic nitrogens is 2. The first-order valence-electron chi connectivity index (χ1n) is 14.9. The van der Waals surface area contributed by atoms with Gasteiger partial charge in [-0.05, 0) is 62.4 Å². The van der Waals surface area contributed by atoms with Crippen molar-refractivity contribution in [2.45, 2.75) is 13.8 Å². The normalized spacial score (nSPS) is 11.2. The number of H-pyrrole nitrogens is 2. The molecule has 16 heteroatoms. The van der Waals surface area contributed by atoms with Crippen molar-refractivity contribution in [2.24, 2.45) is 9.98 Å². The Hall–Kier alpha value is -4.95. The summed E-state index contributed by atoms with van der Waals surface area (Å²) in [5, 5.41) is 22.6. The van der Waals surface area contributed by atoms with Gasteiger partial charge in [-0.3, -0.25) is 24.4 Å². The van der Waals surface area contributed by atoms with Gasteiger partial charge in [-0.1, -0.05) is 0 Å². The molecule has 2 heterocycles. The Morgan fingerprint density at radius 1 is 0.596 bits per heavy atom. The number of nitrogens with zero attached hydrogens (tertiary/aromatic N) is 2. The summed E-state index contributed by atoms with van der Waals surface area (Å²) in [6.45, 7) is 7.34. The molecular weight excluding hydrogens is 645 g/mol. The first-order chi connectivity index (χ1) is 21.8. The average molecular weight is 689 g/mol. The molecule has 4 rings (SSSR count). The second-order valence-electron chi connectivity index (χ2n) is 9.99. The number of fused-ring (bicyclic) bond motifs is 2. The van der Waals surface area contributed by atoms with E-state index in [4.69, 9.17) is 0 Å². The molecule has 0 aliphatic heterocycles. The number of carbonyl (C=O) groups excluding carboxylic acids is 3. The van der Waals surface area contributed by atoms with E-state index in [2.05, 4.69) is 57.2 Å². The fourth-order valence-electron chi connectivity index (χ4n) is 4.61. The van der Waals surface area contributed by atoms with Gasteiger partial charge in [0.15, 0.2) is 11.9 Å². The first-order valence-corrected chi connectivity index (χ1v) is 14.9. The molecule has 0 fully saturated rings. The summed E-state index contributed by atoms with van der Waals surface area (Å²) in [5.74, 6) is 0.578. The maximum Gasteiger partial charge on any atom is 0.272 e. The lowest BCUT2D eigenvalue weighted by atomic mass is 10.1. The number of rotatable bonds is 12. The van der Waals surface area contributed by atoms with Crippen LogP contribution >= 0.6 is 24.8 Å². The minimum absolute atomic E-state index is 0. The number of aliphatic imine (C=N–C) groups is 2. The third-order valence-corrected chi connectivity index (χ3v) is 6.79. The van der Waals surface area contributed by atoms with Crippen molar-refractivity contribution in [3.63, 3.8) is 0 Å². The van der Waals surface area contributed by atoms with E-state index in [9.17, 15) is 14.4 Å². The Kier molecular flexibility index (Phi) is 15.4. The lowest BCUT2D eigenvalue weighted by Crippen LogP contribution is -2.41. The van der Waals surface area contributed by atoms with Crippen LogP contribution in [0.25, 0.3) is 21.8 Å². The van der Waals surface area contributed by atoms with Gasteiger partial charge in [0.05, 0.1) is 0 Å². The van der Waals surface area contributed by atoms with Crippen LogP contribution in [0, 0.1) is 0 Å². The standard InChI is InChI=1S/C31H41N11O3.2ClH/c1-5-34-30(32-3)38-13-11-36-27(43)19-7-9-23-20(15-19)17-26(42-23)29(45)40-22-8-10-24-21(16-22)18-25(41-24)28(44)37-12-14-39-31(33-4)35-6-2;;/h7-10,15-18,41-42H,5-6,11-14H2,1-4H3,(H,36,43)(H,37,44)(H,40,45)(H2,32,34,38)(H2,33,35,39);2*1H. The largest absolute Gasteiger partial charge is 0.357 e. The summed E-state index contributed by atoms with van der Waals surface area (Å²) in [6, 6.07) is 14.1. The van der Waals surface area contributed by atoms with E-state index in [0.717, 1.165) is 34.9 Å². The minimum atomic E-state index is -0.328. The Morgan fingerprint density at radius 3 is 1.64 bits per heavy atom. The van der Waals surface area contributed by atoms with Crippen molar-refractivity contribution in [1.29, 1.82) is 0 Å². The van der Waals surface area contributed by atoms with E-state index in [1.165, 1.54) is 0 Å². The number of guanidine groups is 2. The number of hydrogen-bond acceptors (Lipinski definition) is 5. The molecule has 0 saturated carbocycles. The van der Waals surface area contributed by atoms with Crippen LogP contribution < -0.4 is 37.2 Å². The van der Waals surface area contributed by atoms with Crippen LogP contribution in [0.4, 0.5) is 5.69 Å². The molecule has 0 aliphatic carbocycles. The van der Waals surface area contributed by atoms with Gasteiger partial charge in [0, 0.05) is 86.4 Å². The predicted octanol–water partition coefficient (Wildman–Crippen LogP) is 2.57. The van der Waals surface area contributed by atoms with Crippen LogP contribution in [-0.4, -0.2) is 93.0 Å². The van der Waals surface area contributed by atoms with Crippen LogP contribution in [0.3, 0.4) is 0 Å². The third-order valence-electron chi connectivity index (χ3n) is 6.79. The highest BCUT2D eigenvalue weighted by atomic mass is 35.5. The van der Waals surface area contributed by atoms with E-state index in [1.54, 1.807) is 56.6 Å². The van der Waals surface area contributed by atoms with Crippen molar-refractivity contribution in [1.82, 2.24) is 41.9 Å². The molecular formula is C31H43Cl2N11O3. The van der Waals surface area contributed by atoms with Gasteiger partial charge >= 0.3 is 0 Å².